The molecular formula is C13H20F3NO. The zero-order valence-electron chi connectivity index (χ0n) is 10.4. The first-order valence-electron chi connectivity index (χ1n) is 6.82. The van der Waals surface area contributed by atoms with Gasteiger partial charge in [-0.25, -0.2) is 0 Å². The smallest absolute Gasteiger partial charge is 0.394 e. The fourth-order valence-corrected chi connectivity index (χ4v) is 3.42. The van der Waals surface area contributed by atoms with Crippen LogP contribution in [0.25, 0.3) is 0 Å². The lowest BCUT2D eigenvalue weighted by Crippen LogP contribution is -2.50. The third kappa shape index (κ3) is 2.16. The number of alkyl halides is 3. The zero-order chi connectivity index (χ0) is 13.0. The molecule has 0 radical (unpaired) electrons. The fraction of sp³-hybridized carbons (Fsp3) is 1.00. The Morgan fingerprint density at radius 3 is 2.17 bits per heavy atom. The summed E-state index contributed by atoms with van der Waals surface area (Å²) in [5.74, 6) is 0. The van der Waals surface area contributed by atoms with Crippen LogP contribution >= 0.6 is 0 Å². The largest absolute Gasteiger partial charge is 0.395 e. The summed E-state index contributed by atoms with van der Waals surface area (Å²) in [5, 5.41) is 12.5. The van der Waals surface area contributed by atoms with E-state index in [1.807, 2.05) is 0 Å². The summed E-state index contributed by atoms with van der Waals surface area (Å²) < 4.78 is 38.5. The molecule has 0 saturated heterocycles. The predicted octanol–water partition coefficient (Wildman–Crippen LogP) is 2.61. The van der Waals surface area contributed by atoms with Gasteiger partial charge in [0.15, 0.2) is 0 Å². The van der Waals surface area contributed by atoms with Crippen LogP contribution in [0.2, 0.25) is 0 Å². The molecule has 18 heavy (non-hydrogen) atoms. The molecule has 5 heteroatoms. The van der Waals surface area contributed by atoms with E-state index in [-0.39, 0.29) is 25.9 Å². The maximum Gasteiger partial charge on any atom is 0.394 e. The van der Waals surface area contributed by atoms with Gasteiger partial charge in [-0.05, 0) is 50.4 Å². The Bertz CT molecular complexity index is 326. The summed E-state index contributed by atoms with van der Waals surface area (Å²) in [6.45, 7) is -0.193. The van der Waals surface area contributed by atoms with Crippen molar-refractivity contribution in [3.05, 3.63) is 0 Å². The molecule has 0 aliphatic heterocycles. The Morgan fingerprint density at radius 1 is 1.17 bits per heavy atom. The second-order valence-electron chi connectivity index (χ2n) is 6.63. The van der Waals surface area contributed by atoms with Gasteiger partial charge in [0.25, 0.3) is 0 Å². The van der Waals surface area contributed by atoms with Crippen molar-refractivity contribution >= 4 is 0 Å². The molecule has 1 atom stereocenters. The minimum absolute atomic E-state index is 0.0382. The summed E-state index contributed by atoms with van der Waals surface area (Å²) in [6.07, 6.45) is 1.11. The molecule has 104 valence electrons. The first-order valence-corrected chi connectivity index (χ1v) is 6.82. The van der Waals surface area contributed by atoms with Crippen LogP contribution in [0.4, 0.5) is 13.2 Å². The van der Waals surface area contributed by atoms with E-state index in [0.29, 0.717) is 11.5 Å². The van der Waals surface area contributed by atoms with Crippen LogP contribution in [0, 0.1) is 10.8 Å². The van der Waals surface area contributed by atoms with Crippen molar-refractivity contribution < 1.29 is 18.3 Å². The van der Waals surface area contributed by atoms with E-state index >= 15 is 0 Å². The van der Waals surface area contributed by atoms with Crippen molar-refractivity contribution in [2.24, 2.45) is 10.8 Å². The summed E-state index contributed by atoms with van der Waals surface area (Å²) in [6, 6.07) is -0.0658. The monoisotopic (exact) mass is 263 g/mol. The molecule has 0 bridgehead atoms. The highest BCUT2D eigenvalue weighted by Crippen LogP contribution is 2.62. The van der Waals surface area contributed by atoms with Gasteiger partial charge < -0.3 is 10.4 Å². The van der Waals surface area contributed by atoms with E-state index in [0.717, 1.165) is 12.8 Å². The second-order valence-corrected chi connectivity index (χ2v) is 6.63. The summed E-state index contributed by atoms with van der Waals surface area (Å²) in [4.78, 5) is 0. The third-order valence-electron chi connectivity index (χ3n) is 5.10. The number of hydrogen-bond donors (Lipinski definition) is 2. The van der Waals surface area contributed by atoms with Gasteiger partial charge in [0.1, 0.15) is 0 Å². The molecule has 3 aliphatic rings. The van der Waals surface area contributed by atoms with Gasteiger partial charge in [0.05, 0.1) is 12.0 Å². The molecule has 3 aliphatic carbocycles. The van der Waals surface area contributed by atoms with Crippen LogP contribution in [0.3, 0.4) is 0 Å². The molecule has 0 aromatic heterocycles. The molecule has 3 saturated carbocycles. The van der Waals surface area contributed by atoms with Crippen LogP contribution in [0.5, 0.6) is 0 Å². The SMILES string of the molecule is OCC(CC1(C(F)(F)F)CC1)NC1CC2(CC2)C1. The molecular weight excluding hydrogens is 243 g/mol. The number of rotatable bonds is 5. The summed E-state index contributed by atoms with van der Waals surface area (Å²) in [5.41, 5.74) is -0.965. The van der Waals surface area contributed by atoms with E-state index in [2.05, 4.69) is 5.32 Å². The van der Waals surface area contributed by atoms with Gasteiger partial charge in [0.2, 0.25) is 0 Å². The third-order valence-corrected chi connectivity index (χ3v) is 5.10. The van der Waals surface area contributed by atoms with Gasteiger partial charge >= 0.3 is 6.18 Å². The molecule has 2 N–H and O–H groups in total. The lowest BCUT2D eigenvalue weighted by molar-refractivity contribution is -0.191. The Hall–Kier alpha value is -0.290. The topological polar surface area (TPSA) is 32.3 Å². The maximum absolute atomic E-state index is 12.8. The van der Waals surface area contributed by atoms with Gasteiger partial charge in [-0.15, -0.1) is 0 Å². The number of aliphatic hydroxyl groups excluding tert-OH is 1. The average Bonchev–Trinajstić information content (AvgIpc) is 3.06. The molecule has 3 rings (SSSR count). The Labute approximate surface area is 105 Å². The van der Waals surface area contributed by atoms with Crippen LogP contribution in [-0.2, 0) is 0 Å². The predicted molar refractivity (Wildman–Crippen MR) is 61.0 cm³/mol. The van der Waals surface area contributed by atoms with E-state index in [4.69, 9.17) is 0 Å². The van der Waals surface area contributed by atoms with Gasteiger partial charge in [0, 0.05) is 12.1 Å². The first-order chi connectivity index (χ1) is 8.38. The minimum Gasteiger partial charge on any atom is -0.395 e. The molecule has 0 heterocycles. The fourth-order valence-electron chi connectivity index (χ4n) is 3.42. The van der Waals surface area contributed by atoms with Crippen molar-refractivity contribution in [3.63, 3.8) is 0 Å². The first kappa shape index (κ1) is 12.7. The lowest BCUT2D eigenvalue weighted by atomic mass is 9.76. The van der Waals surface area contributed by atoms with Gasteiger partial charge in [-0.2, -0.15) is 13.2 Å². The van der Waals surface area contributed by atoms with E-state index < -0.39 is 17.6 Å². The molecule has 0 amide bonds. The van der Waals surface area contributed by atoms with E-state index in [1.54, 1.807) is 0 Å². The van der Waals surface area contributed by atoms with Crippen LogP contribution < -0.4 is 5.32 Å². The highest BCUT2D eigenvalue weighted by Gasteiger charge is 2.63. The van der Waals surface area contributed by atoms with Crippen molar-refractivity contribution in [1.82, 2.24) is 5.32 Å². The highest BCUT2D eigenvalue weighted by molar-refractivity contribution is 5.08. The molecule has 0 aromatic carbocycles. The number of nitrogens with one attached hydrogen (secondary N) is 1. The Morgan fingerprint density at radius 2 is 1.78 bits per heavy atom. The van der Waals surface area contributed by atoms with Crippen LogP contribution in [0.1, 0.15) is 44.9 Å². The molecule has 0 aromatic rings. The Kier molecular flexibility index (Phi) is 2.73. The summed E-state index contributed by atoms with van der Waals surface area (Å²) >= 11 is 0. The molecule has 2 nitrogen and oxygen atoms in total. The zero-order valence-corrected chi connectivity index (χ0v) is 10.4. The van der Waals surface area contributed by atoms with Crippen molar-refractivity contribution in [2.75, 3.05) is 6.61 Å². The maximum atomic E-state index is 12.8. The lowest BCUT2D eigenvalue weighted by Gasteiger charge is -2.39. The number of aliphatic hydroxyl groups is 1. The standard InChI is InChI=1S/C13H20F3NO/c14-13(15,16)12(3-4-12)7-10(8-18)17-9-5-11(6-9)1-2-11/h9-10,17-18H,1-8H2. The van der Waals surface area contributed by atoms with E-state index in [9.17, 15) is 18.3 Å². The quantitative estimate of drug-likeness (QED) is 0.799. The number of halogens is 3. The molecule has 1 spiro atoms. The highest BCUT2D eigenvalue weighted by atomic mass is 19.4. The molecule has 1 unspecified atom stereocenters. The van der Waals surface area contributed by atoms with Crippen molar-refractivity contribution in [3.8, 4) is 0 Å². The van der Waals surface area contributed by atoms with E-state index in [1.165, 1.54) is 12.8 Å². The Balaban J connectivity index is 1.50. The summed E-state index contributed by atoms with van der Waals surface area (Å²) in [7, 11) is 0. The minimum atomic E-state index is -4.11. The van der Waals surface area contributed by atoms with Crippen LogP contribution in [0.15, 0.2) is 0 Å². The average molecular weight is 263 g/mol. The normalized spacial score (nSPS) is 30.0. The second kappa shape index (κ2) is 3.85. The van der Waals surface area contributed by atoms with Crippen molar-refractivity contribution in [1.29, 1.82) is 0 Å². The van der Waals surface area contributed by atoms with Crippen LogP contribution in [-0.4, -0.2) is 30.0 Å². The number of hydrogen-bond acceptors (Lipinski definition) is 2. The van der Waals surface area contributed by atoms with Gasteiger partial charge in [-0.3, -0.25) is 0 Å². The van der Waals surface area contributed by atoms with Crippen molar-refractivity contribution in [2.45, 2.75) is 63.2 Å². The van der Waals surface area contributed by atoms with Gasteiger partial charge in [-0.1, -0.05) is 0 Å². The molecule has 3 fully saturated rings.